The zero-order valence-electron chi connectivity index (χ0n) is 15.5. The van der Waals surface area contributed by atoms with Crippen molar-refractivity contribution in [2.45, 2.75) is 26.2 Å². The van der Waals surface area contributed by atoms with Crippen LogP contribution in [0.1, 0.15) is 47.1 Å². The molecule has 6 heteroatoms. The molecule has 0 fully saturated rings. The lowest BCUT2D eigenvalue weighted by atomic mass is 9.87. The topological polar surface area (TPSA) is 72.9 Å². The Morgan fingerprint density at radius 1 is 0.926 bits per heavy atom. The number of ether oxygens (including phenoxy) is 2. The van der Waals surface area contributed by atoms with E-state index in [1.54, 1.807) is 36.4 Å². The number of hydrogen-bond acceptors (Lipinski definition) is 5. The van der Waals surface area contributed by atoms with Gasteiger partial charge in [-0.2, -0.15) is 0 Å². The number of imide groups is 1. The van der Waals surface area contributed by atoms with Crippen molar-refractivity contribution < 1.29 is 23.9 Å². The first kappa shape index (κ1) is 18.6. The van der Waals surface area contributed by atoms with Gasteiger partial charge in [0.1, 0.15) is 5.75 Å². The van der Waals surface area contributed by atoms with E-state index >= 15 is 0 Å². The number of esters is 1. The fraction of sp³-hybridized carbons (Fsp3) is 0.286. The Balaban J connectivity index is 1.51. The molecular weight excluding hydrogens is 346 g/mol. The second-order valence-corrected chi connectivity index (χ2v) is 7.29. The highest BCUT2D eigenvalue weighted by Gasteiger charge is 2.35. The first-order valence-corrected chi connectivity index (χ1v) is 8.61. The number of amides is 2. The van der Waals surface area contributed by atoms with E-state index < -0.39 is 24.5 Å². The van der Waals surface area contributed by atoms with Crippen LogP contribution in [0.4, 0.5) is 0 Å². The summed E-state index contributed by atoms with van der Waals surface area (Å²) >= 11 is 0. The summed E-state index contributed by atoms with van der Waals surface area (Å²) in [6.45, 7) is 5.59. The third-order valence-electron chi connectivity index (χ3n) is 4.31. The van der Waals surface area contributed by atoms with E-state index in [1.807, 2.05) is 12.1 Å². The molecule has 2 aromatic rings. The van der Waals surface area contributed by atoms with Gasteiger partial charge in [-0.25, -0.2) is 9.69 Å². The number of rotatable bonds is 5. The molecule has 1 aliphatic rings. The lowest BCUT2D eigenvalue weighted by Gasteiger charge is -2.19. The maximum Gasteiger partial charge on any atom is 0.345 e. The van der Waals surface area contributed by atoms with Crippen molar-refractivity contribution in [1.29, 1.82) is 0 Å². The molecule has 0 bridgehead atoms. The van der Waals surface area contributed by atoms with E-state index in [9.17, 15) is 14.4 Å². The molecule has 0 saturated heterocycles. The van der Waals surface area contributed by atoms with Crippen LogP contribution >= 0.6 is 0 Å². The summed E-state index contributed by atoms with van der Waals surface area (Å²) in [7, 11) is 0. The van der Waals surface area contributed by atoms with Crippen LogP contribution in [-0.4, -0.2) is 36.0 Å². The first-order chi connectivity index (χ1) is 12.8. The maximum absolute atomic E-state index is 12.2. The molecule has 0 radical (unpaired) electrons. The summed E-state index contributed by atoms with van der Waals surface area (Å²) in [5, 5.41) is 0. The first-order valence-electron chi connectivity index (χ1n) is 8.61. The Labute approximate surface area is 157 Å². The molecule has 0 saturated carbocycles. The number of fused-ring (bicyclic) bond motifs is 1. The fourth-order valence-electron chi connectivity index (χ4n) is 2.73. The number of carbonyl (C=O) groups is 3. The number of carbonyl (C=O) groups excluding carboxylic acids is 3. The highest BCUT2D eigenvalue weighted by atomic mass is 16.6. The Morgan fingerprint density at radius 2 is 1.48 bits per heavy atom. The van der Waals surface area contributed by atoms with Crippen LogP contribution in [-0.2, 0) is 14.9 Å². The van der Waals surface area contributed by atoms with Crippen molar-refractivity contribution in [1.82, 2.24) is 4.90 Å². The van der Waals surface area contributed by atoms with E-state index in [4.69, 9.17) is 9.47 Å². The van der Waals surface area contributed by atoms with E-state index in [0.29, 0.717) is 16.9 Å². The van der Waals surface area contributed by atoms with Gasteiger partial charge in [0.2, 0.25) is 0 Å². The van der Waals surface area contributed by atoms with Crippen LogP contribution in [0, 0.1) is 0 Å². The van der Waals surface area contributed by atoms with Crippen molar-refractivity contribution in [2.75, 3.05) is 13.3 Å². The highest BCUT2D eigenvalue weighted by molar-refractivity contribution is 6.21. The van der Waals surface area contributed by atoms with Gasteiger partial charge in [0, 0.05) is 0 Å². The molecule has 2 amide bonds. The summed E-state index contributed by atoms with van der Waals surface area (Å²) in [6.07, 6.45) is 0. The molecule has 0 unspecified atom stereocenters. The molecule has 1 heterocycles. The molecule has 0 aromatic heterocycles. The quantitative estimate of drug-likeness (QED) is 0.600. The molecule has 140 valence electrons. The van der Waals surface area contributed by atoms with E-state index in [0.717, 1.165) is 10.5 Å². The number of benzene rings is 2. The third-order valence-corrected chi connectivity index (χ3v) is 4.31. The van der Waals surface area contributed by atoms with Gasteiger partial charge in [0.05, 0.1) is 11.1 Å². The molecule has 3 rings (SSSR count). The predicted molar refractivity (Wildman–Crippen MR) is 98.5 cm³/mol. The Morgan fingerprint density at radius 3 is 2.00 bits per heavy atom. The van der Waals surface area contributed by atoms with Gasteiger partial charge in [0.15, 0.2) is 13.3 Å². The Kier molecular flexibility index (Phi) is 4.99. The van der Waals surface area contributed by atoms with Crippen LogP contribution in [0.3, 0.4) is 0 Å². The number of nitrogens with zero attached hydrogens (tertiary/aromatic N) is 1. The van der Waals surface area contributed by atoms with Gasteiger partial charge in [0.25, 0.3) is 11.8 Å². The van der Waals surface area contributed by atoms with Crippen molar-refractivity contribution >= 4 is 17.8 Å². The summed E-state index contributed by atoms with van der Waals surface area (Å²) < 4.78 is 10.4. The zero-order chi connectivity index (χ0) is 19.6. The van der Waals surface area contributed by atoms with Gasteiger partial charge in [-0.05, 0) is 35.2 Å². The fourth-order valence-corrected chi connectivity index (χ4v) is 2.73. The summed E-state index contributed by atoms with van der Waals surface area (Å²) in [5.74, 6) is -1.06. The third kappa shape index (κ3) is 4.00. The minimum atomic E-state index is -0.661. The van der Waals surface area contributed by atoms with Gasteiger partial charge >= 0.3 is 5.97 Å². The molecule has 0 N–H and O–H groups in total. The lowest BCUT2D eigenvalue weighted by molar-refractivity contribution is -0.148. The molecule has 0 atom stereocenters. The van der Waals surface area contributed by atoms with E-state index in [2.05, 4.69) is 20.8 Å². The number of hydrogen-bond donors (Lipinski definition) is 0. The summed E-state index contributed by atoms with van der Waals surface area (Å²) in [6, 6.07) is 14.0. The minimum absolute atomic E-state index is 0.0316. The van der Waals surface area contributed by atoms with Crippen LogP contribution in [0.5, 0.6) is 5.75 Å². The van der Waals surface area contributed by atoms with E-state index in [1.165, 1.54) is 0 Å². The van der Waals surface area contributed by atoms with Crippen LogP contribution in [0.15, 0.2) is 48.5 Å². The SMILES string of the molecule is CC(C)(C)c1ccc(OCC(=O)OCN2C(=O)c3ccccc3C2=O)cc1. The lowest BCUT2D eigenvalue weighted by Crippen LogP contribution is -2.34. The Hall–Kier alpha value is -3.15. The molecule has 2 aromatic carbocycles. The van der Waals surface area contributed by atoms with Crippen molar-refractivity contribution in [2.24, 2.45) is 0 Å². The van der Waals surface area contributed by atoms with Crippen LogP contribution in [0.25, 0.3) is 0 Å². The average molecular weight is 367 g/mol. The zero-order valence-corrected chi connectivity index (χ0v) is 15.5. The van der Waals surface area contributed by atoms with Crippen molar-refractivity contribution in [3.05, 3.63) is 65.2 Å². The van der Waals surface area contributed by atoms with Crippen LogP contribution < -0.4 is 4.74 Å². The largest absolute Gasteiger partial charge is 0.482 e. The highest BCUT2D eigenvalue weighted by Crippen LogP contribution is 2.24. The van der Waals surface area contributed by atoms with Crippen LogP contribution in [0.2, 0.25) is 0 Å². The monoisotopic (exact) mass is 367 g/mol. The molecule has 27 heavy (non-hydrogen) atoms. The van der Waals surface area contributed by atoms with Gasteiger partial charge in [-0.3, -0.25) is 9.59 Å². The molecule has 0 aliphatic carbocycles. The second-order valence-electron chi connectivity index (χ2n) is 7.29. The van der Waals surface area contributed by atoms with E-state index in [-0.39, 0.29) is 12.0 Å². The maximum atomic E-state index is 12.2. The summed E-state index contributed by atoms with van der Waals surface area (Å²) in [5.41, 5.74) is 1.81. The smallest absolute Gasteiger partial charge is 0.345 e. The van der Waals surface area contributed by atoms with Crippen molar-refractivity contribution in [3.63, 3.8) is 0 Å². The van der Waals surface area contributed by atoms with Gasteiger partial charge in [-0.15, -0.1) is 0 Å². The molecule has 0 spiro atoms. The van der Waals surface area contributed by atoms with Crippen molar-refractivity contribution in [3.8, 4) is 5.75 Å². The normalized spacial score (nSPS) is 13.5. The molecule has 6 nitrogen and oxygen atoms in total. The predicted octanol–water partition coefficient (Wildman–Crippen LogP) is 3.16. The molecule has 1 aliphatic heterocycles. The average Bonchev–Trinajstić information content (AvgIpc) is 2.89. The van der Waals surface area contributed by atoms with Gasteiger partial charge < -0.3 is 9.47 Å². The Bertz CT molecular complexity index is 845. The minimum Gasteiger partial charge on any atom is -0.482 e. The summed E-state index contributed by atoms with van der Waals surface area (Å²) in [4.78, 5) is 37.2. The standard InChI is InChI=1S/C21H21NO5/c1-21(2,3)14-8-10-15(11-9-14)26-12-18(23)27-13-22-19(24)16-6-4-5-7-17(16)20(22)25/h4-11H,12-13H2,1-3H3. The second kappa shape index (κ2) is 7.23. The van der Waals surface area contributed by atoms with Gasteiger partial charge in [-0.1, -0.05) is 45.0 Å². The molecular formula is C21H21NO5.